The van der Waals surface area contributed by atoms with Gasteiger partial charge >= 0.3 is 0 Å². The second kappa shape index (κ2) is 7.04. The van der Waals surface area contributed by atoms with Gasteiger partial charge in [0.2, 0.25) is 5.91 Å². The predicted octanol–water partition coefficient (Wildman–Crippen LogP) is 4.51. The number of amides is 1. The van der Waals surface area contributed by atoms with Crippen molar-refractivity contribution < 1.29 is 4.79 Å². The third-order valence-electron chi connectivity index (χ3n) is 3.01. The molecule has 108 valence electrons. The molecule has 0 radical (unpaired) electrons. The lowest BCUT2D eigenvalue weighted by atomic mass is 10.0. The van der Waals surface area contributed by atoms with Gasteiger partial charge in [0.25, 0.3) is 0 Å². The highest BCUT2D eigenvalue weighted by Crippen LogP contribution is 2.15. The van der Waals surface area contributed by atoms with Gasteiger partial charge in [0.1, 0.15) is 5.82 Å². The van der Waals surface area contributed by atoms with E-state index in [1.165, 1.54) is 17.8 Å². The minimum atomic E-state index is -0.224. The predicted molar refractivity (Wildman–Crippen MR) is 87.4 cm³/mol. The minimum Gasteiger partial charge on any atom is -0.307 e. The van der Waals surface area contributed by atoms with Crippen molar-refractivity contribution in [3.63, 3.8) is 0 Å². The van der Waals surface area contributed by atoms with Crippen molar-refractivity contribution in [1.82, 2.24) is 4.98 Å². The van der Waals surface area contributed by atoms with Crippen molar-refractivity contribution in [2.75, 3.05) is 5.32 Å². The molecule has 21 heavy (non-hydrogen) atoms. The highest BCUT2D eigenvalue weighted by atomic mass is 35.5. The van der Waals surface area contributed by atoms with Crippen molar-refractivity contribution in [2.45, 2.75) is 19.8 Å². The smallest absolute Gasteiger partial charge is 0.249 e. The second-order valence-electron chi connectivity index (χ2n) is 5.01. The van der Waals surface area contributed by atoms with Crippen LogP contribution < -0.4 is 5.32 Å². The molecule has 0 atom stereocenters. The van der Waals surface area contributed by atoms with Crippen molar-refractivity contribution in [3.05, 3.63) is 64.8 Å². The summed E-state index contributed by atoms with van der Waals surface area (Å²) in [6.07, 6.45) is 4.75. The van der Waals surface area contributed by atoms with E-state index in [0.717, 1.165) is 5.56 Å². The number of nitrogens with one attached hydrogen (secondary N) is 1. The Morgan fingerprint density at radius 3 is 2.48 bits per heavy atom. The molecular weight excluding hydrogens is 284 g/mol. The maximum atomic E-state index is 11.8. The molecular formula is C17H17ClN2O. The molecule has 2 aromatic rings. The number of aromatic nitrogens is 1. The fourth-order valence-corrected chi connectivity index (χ4v) is 1.89. The molecule has 0 bridgehead atoms. The number of halogens is 1. The second-order valence-corrected chi connectivity index (χ2v) is 5.44. The van der Waals surface area contributed by atoms with E-state index >= 15 is 0 Å². The summed E-state index contributed by atoms with van der Waals surface area (Å²) in [6.45, 7) is 4.30. The quantitative estimate of drug-likeness (QED) is 0.844. The number of carbonyl (C=O) groups is 1. The van der Waals surface area contributed by atoms with Crippen molar-refractivity contribution in [1.29, 1.82) is 0 Å². The van der Waals surface area contributed by atoms with Crippen LogP contribution in [0.15, 0.2) is 48.7 Å². The van der Waals surface area contributed by atoms with Crippen LogP contribution in [0.5, 0.6) is 0 Å². The Hall–Kier alpha value is -2.13. The van der Waals surface area contributed by atoms with Crippen LogP contribution in [0.2, 0.25) is 5.02 Å². The summed E-state index contributed by atoms with van der Waals surface area (Å²) >= 11 is 5.74. The molecule has 1 aromatic carbocycles. The lowest BCUT2D eigenvalue weighted by Crippen LogP contribution is -2.08. The van der Waals surface area contributed by atoms with E-state index in [0.29, 0.717) is 16.8 Å². The normalized spacial score (nSPS) is 11.0. The fourth-order valence-electron chi connectivity index (χ4n) is 1.78. The zero-order chi connectivity index (χ0) is 15.2. The standard InChI is InChI=1S/C17H17ClN2O/c1-12(2)14-6-3-13(4-7-14)5-10-17(21)20-16-9-8-15(18)11-19-16/h3-12H,1-2H3,(H,19,20,21). The van der Waals surface area contributed by atoms with Crippen molar-refractivity contribution in [3.8, 4) is 0 Å². The van der Waals surface area contributed by atoms with Gasteiger partial charge in [-0.3, -0.25) is 4.79 Å². The van der Waals surface area contributed by atoms with E-state index in [1.807, 2.05) is 12.1 Å². The van der Waals surface area contributed by atoms with Crippen LogP contribution in [0.1, 0.15) is 30.9 Å². The molecule has 3 nitrogen and oxygen atoms in total. The first-order chi connectivity index (χ1) is 10.0. The van der Waals surface area contributed by atoms with Crippen LogP contribution in [0.4, 0.5) is 5.82 Å². The highest BCUT2D eigenvalue weighted by Gasteiger charge is 2.00. The van der Waals surface area contributed by atoms with E-state index in [4.69, 9.17) is 11.6 Å². The molecule has 0 aliphatic heterocycles. The van der Waals surface area contributed by atoms with Gasteiger partial charge in [-0.15, -0.1) is 0 Å². The van der Waals surface area contributed by atoms with Crippen LogP contribution >= 0.6 is 11.6 Å². The summed E-state index contributed by atoms with van der Waals surface area (Å²) in [5.41, 5.74) is 2.26. The summed E-state index contributed by atoms with van der Waals surface area (Å²) in [7, 11) is 0. The third kappa shape index (κ3) is 4.72. The Kier molecular flexibility index (Phi) is 5.12. The van der Waals surface area contributed by atoms with Crippen molar-refractivity contribution >= 4 is 29.4 Å². The molecule has 0 saturated carbocycles. The Labute approximate surface area is 129 Å². The van der Waals surface area contributed by atoms with Gasteiger partial charge in [-0.25, -0.2) is 4.98 Å². The number of nitrogens with zero attached hydrogens (tertiary/aromatic N) is 1. The van der Waals surface area contributed by atoms with E-state index in [-0.39, 0.29) is 5.91 Å². The summed E-state index contributed by atoms with van der Waals surface area (Å²) in [5.74, 6) is 0.754. The molecule has 1 aromatic heterocycles. The Bertz CT molecular complexity index is 631. The first-order valence-corrected chi connectivity index (χ1v) is 7.13. The number of rotatable bonds is 4. The van der Waals surface area contributed by atoms with Gasteiger partial charge in [-0.1, -0.05) is 49.7 Å². The Morgan fingerprint density at radius 2 is 1.90 bits per heavy atom. The van der Waals surface area contributed by atoms with E-state index in [2.05, 4.69) is 36.3 Å². The average molecular weight is 301 g/mol. The van der Waals surface area contributed by atoms with E-state index in [1.54, 1.807) is 18.2 Å². The van der Waals surface area contributed by atoms with Gasteiger partial charge in [0.05, 0.1) is 5.02 Å². The first kappa shape index (κ1) is 15.3. The first-order valence-electron chi connectivity index (χ1n) is 6.75. The molecule has 0 fully saturated rings. The lowest BCUT2D eigenvalue weighted by molar-refractivity contribution is -0.111. The highest BCUT2D eigenvalue weighted by molar-refractivity contribution is 6.30. The molecule has 0 aliphatic carbocycles. The zero-order valence-electron chi connectivity index (χ0n) is 12.0. The number of hydrogen-bond donors (Lipinski definition) is 1. The monoisotopic (exact) mass is 300 g/mol. The summed E-state index contributed by atoms with van der Waals surface area (Å²) < 4.78 is 0. The number of pyridine rings is 1. The molecule has 1 N–H and O–H groups in total. The SMILES string of the molecule is CC(C)c1ccc(C=CC(=O)Nc2ccc(Cl)cn2)cc1. The Balaban J connectivity index is 1.96. The molecule has 0 spiro atoms. The molecule has 0 unspecified atom stereocenters. The topological polar surface area (TPSA) is 42.0 Å². The van der Waals surface area contributed by atoms with Crippen molar-refractivity contribution in [2.24, 2.45) is 0 Å². The molecule has 0 aliphatic rings. The van der Waals surface area contributed by atoms with Gasteiger partial charge in [-0.05, 0) is 35.3 Å². The van der Waals surface area contributed by atoms with Gasteiger partial charge < -0.3 is 5.32 Å². The zero-order valence-corrected chi connectivity index (χ0v) is 12.8. The number of anilines is 1. The Morgan fingerprint density at radius 1 is 1.19 bits per heavy atom. The summed E-state index contributed by atoms with van der Waals surface area (Å²) in [6, 6.07) is 11.5. The molecule has 0 saturated heterocycles. The molecule has 1 heterocycles. The number of benzene rings is 1. The van der Waals surface area contributed by atoms with Crippen LogP contribution in [0.3, 0.4) is 0 Å². The molecule has 4 heteroatoms. The third-order valence-corrected chi connectivity index (χ3v) is 3.23. The van der Waals surface area contributed by atoms with Gasteiger partial charge in [0, 0.05) is 12.3 Å². The summed E-state index contributed by atoms with van der Waals surface area (Å²) in [4.78, 5) is 15.8. The fraction of sp³-hybridized carbons (Fsp3) is 0.176. The van der Waals surface area contributed by atoms with Crippen LogP contribution in [0.25, 0.3) is 6.08 Å². The number of hydrogen-bond acceptors (Lipinski definition) is 2. The average Bonchev–Trinajstić information content (AvgIpc) is 2.48. The van der Waals surface area contributed by atoms with Crippen LogP contribution in [0, 0.1) is 0 Å². The minimum absolute atomic E-state index is 0.224. The van der Waals surface area contributed by atoms with E-state index in [9.17, 15) is 4.79 Å². The largest absolute Gasteiger partial charge is 0.307 e. The maximum absolute atomic E-state index is 11.8. The van der Waals surface area contributed by atoms with Crippen LogP contribution in [-0.2, 0) is 4.79 Å². The maximum Gasteiger partial charge on any atom is 0.249 e. The van der Waals surface area contributed by atoms with Crippen LogP contribution in [-0.4, -0.2) is 10.9 Å². The van der Waals surface area contributed by atoms with E-state index < -0.39 is 0 Å². The van der Waals surface area contributed by atoms with Gasteiger partial charge in [0.15, 0.2) is 0 Å². The number of carbonyl (C=O) groups excluding carboxylic acids is 1. The summed E-state index contributed by atoms with van der Waals surface area (Å²) in [5, 5.41) is 3.21. The molecule has 2 rings (SSSR count). The van der Waals surface area contributed by atoms with Gasteiger partial charge in [-0.2, -0.15) is 0 Å². The lowest BCUT2D eigenvalue weighted by Gasteiger charge is -2.04. The molecule has 1 amide bonds.